The Hall–Kier alpha value is -1.85. The summed E-state index contributed by atoms with van der Waals surface area (Å²) in [5.41, 5.74) is -1.22. The van der Waals surface area contributed by atoms with Crippen molar-refractivity contribution in [1.29, 1.82) is 5.26 Å². The van der Waals surface area contributed by atoms with Gasteiger partial charge >= 0.3 is 6.18 Å². The van der Waals surface area contributed by atoms with Gasteiger partial charge in [-0.05, 0) is 48.8 Å². The molecule has 1 saturated heterocycles. The van der Waals surface area contributed by atoms with E-state index in [4.69, 9.17) is 21.6 Å². The summed E-state index contributed by atoms with van der Waals surface area (Å²) in [5.74, 6) is -0.175. The number of halogens is 4. The minimum absolute atomic E-state index is 0.0460. The Kier molecular flexibility index (Phi) is 5.13. The van der Waals surface area contributed by atoms with Gasteiger partial charge in [-0.3, -0.25) is 4.79 Å². The first-order valence-corrected chi connectivity index (χ1v) is 8.65. The molecule has 1 aliphatic carbocycles. The number of nitriles is 1. The van der Waals surface area contributed by atoms with Crippen LogP contribution < -0.4 is 10.1 Å². The quantitative estimate of drug-likeness (QED) is 0.784. The van der Waals surface area contributed by atoms with E-state index < -0.39 is 11.9 Å². The van der Waals surface area contributed by atoms with Gasteiger partial charge in [0.1, 0.15) is 11.8 Å². The van der Waals surface area contributed by atoms with Crippen molar-refractivity contribution < 1.29 is 22.7 Å². The van der Waals surface area contributed by atoms with E-state index in [0.29, 0.717) is 31.7 Å². The number of ether oxygens (including phenoxy) is 1. The fourth-order valence-corrected chi connectivity index (χ4v) is 3.88. The molecule has 1 N–H and O–H groups in total. The van der Waals surface area contributed by atoms with Gasteiger partial charge in [-0.1, -0.05) is 0 Å². The Bertz CT molecular complexity index is 742. The minimum Gasteiger partial charge on any atom is -0.474 e. The molecule has 0 amide bonds. The van der Waals surface area contributed by atoms with Crippen molar-refractivity contribution in [2.45, 2.75) is 50.4 Å². The van der Waals surface area contributed by atoms with E-state index in [1.54, 1.807) is 6.07 Å². The molecule has 0 bridgehead atoms. The lowest BCUT2D eigenvalue weighted by atomic mass is 9.65. The van der Waals surface area contributed by atoms with Crippen LogP contribution in [-0.2, 0) is 11.0 Å². The fraction of sp³-hybridized carbons (Fsp3) is 0.588. The van der Waals surface area contributed by atoms with E-state index >= 15 is 0 Å². The highest BCUT2D eigenvalue weighted by molar-refractivity contribution is 6.63. The number of carbonyl (C=O) groups is 1. The third kappa shape index (κ3) is 4.27. The summed E-state index contributed by atoms with van der Waals surface area (Å²) in [6.07, 6.45) is -1.58. The molecule has 1 saturated carbocycles. The summed E-state index contributed by atoms with van der Waals surface area (Å²) in [6.45, 7) is 0.785. The standard InChI is InChI=1S/C17H17ClF3N3O2/c18-14(25)2-1-11-5-16(9-23-11)6-12(7-16)26-15-4-10(8-22)3-13(24-15)17(19,20)21/h3-4,11-12,23H,1-2,5-7,9H2. The van der Waals surface area contributed by atoms with Gasteiger partial charge in [0.15, 0.2) is 0 Å². The van der Waals surface area contributed by atoms with Crippen molar-refractivity contribution in [2.24, 2.45) is 5.41 Å². The lowest BCUT2D eigenvalue weighted by molar-refractivity contribution is -0.141. The van der Waals surface area contributed by atoms with Crippen LogP contribution in [0.5, 0.6) is 5.88 Å². The molecular formula is C17H17ClF3N3O2. The van der Waals surface area contributed by atoms with Crippen LogP contribution in [0.25, 0.3) is 0 Å². The van der Waals surface area contributed by atoms with Gasteiger partial charge in [0.05, 0.1) is 11.6 Å². The second-order valence-electron chi connectivity index (χ2n) is 7.01. The van der Waals surface area contributed by atoms with E-state index in [0.717, 1.165) is 13.0 Å². The van der Waals surface area contributed by atoms with Crippen LogP contribution in [-0.4, -0.2) is 28.9 Å². The number of pyridine rings is 1. The monoisotopic (exact) mass is 387 g/mol. The second kappa shape index (κ2) is 7.05. The molecule has 1 aromatic rings. The molecule has 9 heteroatoms. The molecule has 5 nitrogen and oxygen atoms in total. The van der Waals surface area contributed by atoms with Gasteiger partial charge < -0.3 is 10.1 Å². The molecular weight excluding hydrogens is 371 g/mol. The summed E-state index contributed by atoms with van der Waals surface area (Å²) >= 11 is 5.36. The van der Waals surface area contributed by atoms with Gasteiger partial charge in [0.2, 0.25) is 11.1 Å². The maximum atomic E-state index is 12.9. The topological polar surface area (TPSA) is 75.0 Å². The molecule has 3 rings (SSSR count). The molecule has 2 aliphatic rings. The van der Waals surface area contributed by atoms with Crippen molar-refractivity contribution in [3.8, 4) is 11.9 Å². The number of alkyl halides is 3. The Morgan fingerprint density at radius 2 is 2.15 bits per heavy atom. The predicted molar refractivity (Wildman–Crippen MR) is 86.5 cm³/mol. The van der Waals surface area contributed by atoms with Crippen molar-refractivity contribution >= 4 is 16.8 Å². The van der Waals surface area contributed by atoms with Gasteiger partial charge in [-0.25, -0.2) is 4.98 Å². The summed E-state index contributed by atoms with van der Waals surface area (Å²) in [6, 6.07) is 3.85. The molecule has 0 radical (unpaired) electrons. The predicted octanol–water partition coefficient (Wildman–Crippen LogP) is 3.41. The highest BCUT2D eigenvalue weighted by Gasteiger charge is 2.50. The van der Waals surface area contributed by atoms with Crippen molar-refractivity contribution in [3.05, 3.63) is 23.4 Å². The van der Waals surface area contributed by atoms with E-state index in [2.05, 4.69) is 10.3 Å². The van der Waals surface area contributed by atoms with Crippen LogP contribution in [0.3, 0.4) is 0 Å². The number of hydrogen-bond acceptors (Lipinski definition) is 5. The van der Waals surface area contributed by atoms with Crippen LogP contribution in [0, 0.1) is 16.7 Å². The van der Waals surface area contributed by atoms with Crippen LogP contribution in [0.2, 0.25) is 0 Å². The highest BCUT2D eigenvalue weighted by Crippen LogP contribution is 2.49. The lowest BCUT2D eigenvalue weighted by Gasteiger charge is -2.44. The van der Waals surface area contributed by atoms with Gasteiger partial charge in [-0.15, -0.1) is 0 Å². The Balaban J connectivity index is 1.58. The molecule has 1 spiro atoms. The molecule has 1 unspecified atom stereocenters. The summed E-state index contributed by atoms with van der Waals surface area (Å²) in [7, 11) is 0. The highest BCUT2D eigenvalue weighted by atomic mass is 35.5. The molecule has 1 aliphatic heterocycles. The molecule has 1 aromatic heterocycles. The minimum atomic E-state index is -4.63. The first kappa shape index (κ1) is 18.9. The third-order valence-electron chi connectivity index (χ3n) is 4.96. The van der Waals surface area contributed by atoms with Gasteiger partial charge in [0, 0.05) is 25.1 Å². The zero-order valence-corrected chi connectivity index (χ0v) is 14.5. The first-order chi connectivity index (χ1) is 12.2. The molecule has 140 valence electrons. The van der Waals surface area contributed by atoms with Crippen molar-refractivity contribution in [1.82, 2.24) is 10.3 Å². The number of aromatic nitrogens is 1. The number of rotatable bonds is 5. The molecule has 2 heterocycles. The molecule has 26 heavy (non-hydrogen) atoms. The third-order valence-corrected chi connectivity index (χ3v) is 5.15. The molecule has 0 aromatic carbocycles. The van der Waals surface area contributed by atoms with Crippen LogP contribution in [0.1, 0.15) is 43.4 Å². The number of carbonyl (C=O) groups excluding carboxylic acids is 1. The summed E-state index contributed by atoms with van der Waals surface area (Å²) in [5, 5.41) is 11.9. The Labute approximate surface area is 153 Å². The number of nitrogens with zero attached hydrogens (tertiary/aromatic N) is 2. The molecule has 2 fully saturated rings. The van der Waals surface area contributed by atoms with E-state index in [1.165, 1.54) is 6.07 Å². The molecule has 1 atom stereocenters. The SMILES string of the molecule is N#Cc1cc(OC2CC3(CNC(CCC(=O)Cl)C3)C2)nc(C(F)(F)F)c1. The number of hydrogen-bond donors (Lipinski definition) is 1. The lowest BCUT2D eigenvalue weighted by Crippen LogP contribution is -2.45. The summed E-state index contributed by atoms with van der Waals surface area (Å²) in [4.78, 5) is 14.3. The zero-order chi connectivity index (χ0) is 18.9. The normalized spacial score (nSPS) is 27.8. The maximum absolute atomic E-state index is 12.9. The van der Waals surface area contributed by atoms with Gasteiger partial charge in [-0.2, -0.15) is 18.4 Å². The average Bonchev–Trinajstić information content (AvgIpc) is 2.96. The van der Waals surface area contributed by atoms with Crippen molar-refractivity contribution in [2.75, 3.05) is 6.54 Å². The van der Waals surface area contributed by atoms with Crippen LogP contribution in [0.15, 0.2) is 12.1 Å². The van der Waals surface area contributed by atoms with Crippen molar-refractivity contribution in [3.63, 3.8) is 0 Å². The fourth-order valence-electron chi connectivity index (χ4n) is 3.77. The zero-order valence-electron chi connectivity index (χ0n) is 13.8. The second-order valence-corrected chi connectivity index (χ2v) is 7.43. The van der Waals surface area contributed by atoms with Gasteiger partial charge in [0.25, 0.3) is 0 Å². The van der Waals surface area contributed by atoms with E-state index in [9.17, 15) is 18.0 Å². The summed E-state index contributed by atoms with van der Waals surface area (Å²) < 4.78 is 44.2. The number of nitrogens with one attached hydrogen (secondary N) is 1. The maximum Gasteiger partial charge on any atom is 0.433 e. The van der Waals surface area contributed by atoms with Crippen LogP contribution in [0.4, 0.5) is 13.2 Å². The first-order valence-electron chi connectivity index (χ1n) is 8.27. The Morgan fingerprint density at radius 3 is 2.77 bits per heavy atom. The average molecular weight is 388 g/mol. The largest absolute Gasteiger partial charge is 0.474 e. The van der Waals surface area contributed by atoms with E-state index in [-0.39, 0.29) is 34.2 Å². The van der Waals surface area contributed by atoms with Crippen LogP contribution >= 0.6 is 11.6 Å². The van der Waals surface area contributed by atoms with E-state index in [1.807, 2.05) is 0 Å². The smallest absolute Gasteiger partial charge is 0.433 e. The Morgan fingerprint density at radius 1 is 1.42 bits per heavy atom.